The topological polar surface area (TPSA) is 144 Å². The van der Waals surface area contributed by atoms with Crippen LogP contribution in [0.4, 0.5) is 13.2 Å². The third-order valence-corrected chi connectivity index (χ3v) is 9.17. The monoisotopic (exact) mass is 646 g/mol. The second-order valence-electron chi connectivity index (χ2n) is 10.3. The zero-order chi connectivity index (χ0) is 31.7. The van der Waals surface area contributed by atoms with E-state index in [9.17, 15) is 37.8 Å². The third kappa shape index (κ3) is 6.93. The van der Waals surface area contributed by atoms with Gasteiger partial charge in [0.05, 0.1) is 19.1 Å². The van der Waals surface area contributed by atoms with Crippen molar-refractivity contribution in [1.82, 2.24) is 9.99 Å². The molecule has 2 aliphatic rings. The summed E-state index contributed by atoms with van der Waals surface area (Å²) in [6.45, 7) is -0.534. The maximum absolute atomic E-state index is 14.7. The van der Waals surface area contributed by atoms with E-state index in [0.717, 1.165) is 5.39 Å². The fraction of sp³-hybridized carbons (Fsp3) is 0.444. The van der Waals surface area contributed by atoms with Crippen molar-refractivity contribution >= 4 is 46.9 Å². The predicted octanol–water partition coefficient (Wildman–Crippen LogP) is 3.08. The number of allylic oxidation sites excluding steroid dienone is 1. The highest BCUT2D eigenvalue weighted by molar-refractivity contribution is 8.09. The number of fused-ring (bicyclic) bond motifs is 1. The van der Waals surface area contributed by atoms with Gasteiger partial charge in [0.25, 0.3) is 6.43 Å². The van der Waals surface area contributed by atoms with Crippen molar-refractivity contribution in [2.45, 2.75) is 69.8 Å². The van der Waals surface area contributed by atoms with Crippen molar-refractivity contribution in [2.75, 3.05) is 6.61 Å². The molecule has 0 aromatic heterocycles. The van der Waals surface area contributed by atoms with E-state index < -0.39 is 85.8 Å². The molecule has 3 N–H and O–H groups in total. The maximum Gasteiger partial charge on any atom is 0.323 e. The number of carbonyl (C=O) groups excluding carboxylic acids is 3. The van der Waals surface area contributed by atoms with E-state index in [0.29, 0.717) is 16.5 Å². The van der Waals surface area contributed by atoms with Gasteiger partial charge >= 0.3 is 12.6 Å². The molecule has 1 amide bonds. The minimum Gasteiger partial charge on any atom is -0.462 e. The molecule has 2 aromatic rings. The Balaban J connectivity index is 1.66. The van der Waals surface area contributed by atoms with Gasteiger partial charge in [0.2, 0.25) is 11.7 Å². The van der Waals surface area contributed by atoms with Crippen LogP contribution in [0.15, 0.2) is 54.5 Å². The SMILES string of the molecule is CC(C)OC(=O)[C@H](C)NP(=S)(OC[C@@]1(C(F)F)O[C@@H](N2C=C(F)C(=O)CC2=O)[C@H](O)[C@H]1O)Oc1cccc2ccccc12. The van der Waals surface area contributed by atoms with Crippen molar-refractivity contribution in [3.05, 3.63) is 54.5 Å². The molecule has 1 fully saturated rings. The van der Waals surface area contributed by atoms with E-state index in [1.54, 1.807) is 56.3 Å². The minimum absolute atomic E-state index is 0.194. The first kappa shape index (κ1) is 33.0. The lowest BCUT2D eigenvalue weighted by Crippen LogP contribution is -2.53. The fourth-order valence-electron chi connectivity index (χ4n) is 4.49. The normalized spacial score (nSPS) is 26.5. The van der Waals surface area contributed by atoms with Gasteiger partial charge in [0.1, 0.15) is 24.0 Å². The Morgan fingerprint density at radius 3 is 2.53 bits per heavy atom. The summed E-state index contributed by atoms with van der Waals surface area (Å²) in [5.74, 6) is -4.09. The molecule has 1 unspecified atom stereocenters. The van der Waals surface area contributed by atoms with Crippen LogP contribution in [0.3, 0.4) is 0 Å². The Morgan fingerprint density at radius 1 is 1.19 bits per heavy atom. The molecular weight excluding hydrogens is 616 g/mol. The number of ether oxygens (including phenoxy) is 2. The summed E-state index contributed by atoms with van der Waals surface area (Å²) >= 11 is 5.64. The number of nitrogens with one attached hydrogen (secondary N) is 1. The molecule has 2 heterocycles. The van der Waals surface area contributed by atoms with Crippen LogP contribution >= 0.6 is 6.64 Å². The van der Waals surface area contributed by atoms with Crippen molar-refractivity contribution in [2.24, 2.45) is 0 Å². The van der Waals surface area contributed by atoms with E-state index in [-0.39, 0.29) is 5.75 Å². The Labute approximate surface area is 249 Å². The molecule has 1 saturated heterocycles. The van der Waals surface area contributed by atoms with E-state index in [2.05, 4.69) is 5.09 Å². The van der Waals surface area contributed by atoms with Gasteiger partial charge in [-0.25, -0.2) is 18.3 Å². The number of halogens is 3. The molecule has 43 heavy (non-hydrogen) atoms. The van der Waals surface area contributed by atoms with Crippen LogP contribution in [-0.2, 0) is 40.2 Å². The number of Topliss-reactive ketones (excluding diaryl/α,β-unsaturated/α-hetero) is 1. The quantitative estimate of drug-likeness (QED) is 0.188. The zero-order valence-corrected chi connectivity index (χ0v) is 24.9. The Morgan fingerprint density at radius 2 is 1.86 bits per heavy atom. The van der Waals surface area contributed by atoms with Crippen LogP contribution in [0.25, 0.3) is 10.8 Å². The summed E-state index contributed by atoms with van der Waals surface area (Å²) in [6.07, 6.45) is -11.1. The van der Waals surface area contributed by atoms with Gasteiger partial charge in [-0.1, -0.05) is 36.4 Å². The van der Waals surface area contributed by atoms with Gasteiger partial charge in [-0.15, -0.1) is 0 Å². The summed E-state index contributed by atoms with van der Waals surface area (Å²) in [4.78, 5) is 36.9. The number of hydrogen-bond donors (Lipinski definition) is 3. The van der Waals surface area contributed by atoms with Crippen molar-refractivity contribution in [3.8, 4) is 5.75 Å². The van der Waals surface area contributed by atoms with Gasteiger partial charge < -0.3 is 28.7 Å². The highest BCUT2D eigenvalue weighted by Gasteiger charge is 2.62. The summed E-state index contributed by atoms with van der Waals surface area (Å²) in [5, 5.41) is 25.5. The number of carbonyl (C=O) groups is 3. The second-order valence-corrected chi connectivity index (χ2v) is 13.4. The van der Waals surface area contributed by atoms with Crippen LogP contribution in [0.2, 0.25) is 0 Å². The first-order chi connectivity index (χ1) is 20.2. The number of rotatable bonds is 11. The molecule has 16 heteroatoms. The van der Waals surface area contributed by atoms with Crippen LogP contribution in [0.1, 0.15) is 27.2 Å². The molecular formula is C27H30F3N2O9PS. The van der Waals surface area contributed by atoms with E-state index in [4.69, 9.17) is 30.3 Å². The molecule has 0 radical (unpaired) electrons. The largest absolute Gasteiger partial charge is 0.462 e. The number of amides is 1. The molecule has 0 saturated carbocycles. The molecule has 0 bridgehead atoms. The number of alkyl halides is 2. The van der Waals surface area contributed by atoms with Gasteiger partial charge in [-0.3, -0.25) is 19.3 Å². The highest BCUT2D eigenvalue weighted by Crippen LogP contribution is 2.50. The predicted molar refractivity (Wildman–Crippen MR) is 150 cm³/mol. The molecule has 2 aliphatic heterocycles. The Bertz CT molecular complexity index is 1470. The number of hydrogen-bond acceptors (Lipinski definition) is 10. The molecule has 0 spiro atoms. The number of ketones is 1. The third-order valence-electron chi connectivity index (χ3n) is 6.70. The fourth-order valence-corrected chi connectivity index (χ4v) is 6.92. The van der Waals surface area contributed by atoms with Crippen LogP contribution < -0.4 is 9.61 Å². The average Bonchev–Trinajstić information content (AvgIpc) is 3.20. The lowest BCUT2D eigenvalue weighted by molar-refractivity contribution is -0.199. The number of nitrogens with zero attached hydrogens (tertiary/aromatic N) is 1. The lowest BCUT2D eigenvalue weighted by atomic mass is 9.96. The Kier molecular flexibility index (Phi) is 9.96. The molecule has 11 nitrogen and oxygen atoms in total. The summed E-state index contributed by atoms with van der Waals surface area (Å²) in [5.41, 5.74) is -2.99. The number of benzene rings is 2. The molecule has 2 aromatic carbocycles. The molecule has 4 rings (SSSR count). The molecule has 6 atom stereocenters. The average molecular weight is 647 g/mol. The first-order valence-electron chi connectivity index (χ1n) is 13.1. The zero-order valence-electron chi connectivity index (χ0n) is 23.2. The minimum atomic E-state index is -3.98. The number of esters is 1. The van der Waals surface area contributed by atoms with Crippen molar-refractivity contribution in [1.29, 1.82) is 0 Å². The number of aliphatic hydroxyl groups is 2. The van der Waals surface area contributed by atoms with Gasteiger partial charge in [0, 0.05) is 11.6 Å². The maximum atomic E-state index is 14.7. The van der Waals surface area contributed by atoms with Crippen LogP contribution in [0.5, 0.6) is 5.75 Å². The highest BCUT2D eigenvalue weighted by atomic mass is 32.5. The summed E-state index contributed by atoms with van der Waals surface area (Å²) in [7, 11) is 0. The Hall–Kier alpha value is -2.91. The van der Waals surface area contributed by atoms with E-state index in [1.165, 1.54) is 6.92 Å². The molecule has 0 aliphatic carbocycles. The summed E-state index contributed by atoms with van der Waals surface area (Å²) < 4.78 is 65.7. The lowest BCUT2D eigenvalue weighted by Gasteiger charge is -2.35. The van der Waals surface area contributed by atoms with E-state index in [1.807, 2.05) is 0 Å². The van der Waals surface area contributed by atoms with Gasteiger partial charge in [-0.05, 0) is 44.0 Å². The van der Waals surface area contributed by atoms with Crippen LogP contribution in [0, 0.1) is 0 Å². The van der Waals surface area contributed by atoms with Gasteiger partial charge in [0.15, 0.2) is 17.7 Å². The molecule has 234 valence electrons. The van der Waals surface area contributed by atoms with Gasteiger partial charge in [-0.2, -0.15) is 0 Å². The van der Waals surface area contributed by atoms with Crippen molar-refractivity contribution < 1.29 is 56.3 Å². The standard InChI is InChI=1S/C27H30F3N2O9PS/c1-14(2)39-25(37)15(3)31-42(43,41-20-10-6-8-16-7-4-5-9-17(16)20)38-13-27(26(29)30)23(36)22(35)24(40-27)32-12-18(28)19(33)11-21(32)34/h4-10,12,14-15,22-24,26,35-36H,11,13H2,1-3H3,(H,31,43)/t15-,22+,23+,24+,27+,42?/m0/s1. The summed E-state index contributed by atoms with van der Waals surface area (Å²) in [6, 6.07) is 10.9. The smallest absolute Gasteiger partial charge is 0.323 e. The van der Waals surface area contributed by atoms with E-state index >= 15 is 0 Å². The van der Waals surface area contributed by atoms with Crippen molar-refractivity contribution in [3.63, 3.8) is 0 Å². The second kappa shape index (κ2) is 13.0. The number of aliphatic hydroxyl groups excluding tert-OH is 2. The first-order valence-corrected chi connectivity index (χ1v) is 15.8. The van der Waals surface area contributed by atoms with Crippen LogP contribution in [-0.4, -0.2) is 82.0 Å².